The smallest absolute Gasteiger partial charge is 0.414 e. The van der Waals surface area contributed by atoms with Crippen LogP contribution in [0.3, 0.4) is 0 Å². The molecule has 1 saturated heterocycles. The number of fused-ring (bicyclic) bond motifs is 2. The molecule has 0 bridgehead atoms. The molecule has 1 aromatic carbocycles. The van der Waals surface area contributed by atoms with Crippen molar-refractivity contribution in [1.82, 2.24) is 19.3 Å². The number of nitrogens with one attached hydrogen (secondary N) is 1. The standard InChI is InChI=1S/C27H25FN6O5/c1-15(35)22-14-32(8-9-39-22)17-2-5-23(29-11-17)31-20-4-3-18(19-13-34(27(37)38)26(36)25(19)20)21-12-30-24-10-16(28)6-7-33(21)24/h2-7,10-12,15,22,35H,8-9,13-14H2,1H3,(H,29,31)(H,37,38). The van der Waals surface area contributed by atoms with Gasteiger partial charge in [-0.25, -0.2) is 24.1 Å². The van der Waals surface area contributed by atoms with E-state index in [1.54, 1.807) is 48.1 Å². The van der Waals surface area contributed by atoms with Gasteiger partial charge in [-0.1, -0.05) is 6.07 Å². The maximum absolute atomic E-state index is 13.7. The van der Waals surface area contributed by atoms with Crippen LogP contribution in [0.25, 0.3) is 16.9 Å². The maximum atomic E-state index is 13.7. The van der Waals surface area contributed by atoms with Gasteiger partial charge in [0.05, 0.1) is 54.3 Å². The number of rotatable bonds is 5. The van der Waals surface area contributed by atoms with Gasteiger partial charge < -0.3 is 25.2 Å². The molecular weight excluding hydrogens is 507 g/mol. The zero-order valence-electron chi connectivity index (χ0n) is 20.9. The van der Waals surface area contributed by atoms with Crippen molar-refractivity contribution in [2.45, 2.75) is 25.7 Å². The van der Waals surface area contributed by atoms with Gasteiger partial charge in [-0.05, 0) is 36.8 Å². The summed E-state index contributed by atoms with van der Waals surface area (Å²) in [7, 11) is 0. The molecule has 3 aromatic heterocycles. The number of carbonyl (C=O) groups is 2. The minimum atomic E-state index is -1.35. The highest BCUT2D eigenvalue weighted by Gasteiger charge is 2.37. The van der Waals surface area contributed by atoms with Gasteiger partial charge in [0.25, 0.3) is 5.91 Å². The molecule has 2 aliphatic rings. The number of anilines is 3. The SMILES string of the molecule is CC(O)C1CN(c2ccc(Nc3ccc(-c4cnc5cc(F)ccn45)c4c3C(=O)N(C(=O)O)C4)nc2)CCO1. The number of halogens is 1. The van der Waals surface area contributed by atoms with E-state index in [1.807, 2.05) is 6.07 Å². The average molecular weight is 533 g/mol. The molecule has 0 spiro atoms. The molecule has 2 atom stereocenters. The normalized spacial score (nSPS) is 17.9. The summed E-state index contributed by atoms with van der Waals surface area (Å²) in [4.78, 5) is 36.6. The number of aliphatic hydroxyl groups is 1. The number of imidazole rings is 1. The highest BCUT2D eigenvalue weighted by Crippen LogP contribution is 2.38. The van der Waals surface area contributed by atoms with Gasteiger partial charge in [-0.3, -0.25) is 9.20 Å². The Kier molecular flexibility index (Phi) is 6.12. The molecular formula is C27H25FN6O5. The Morgan fingerprint density at radius 2 is 2.05 bits per heavy atom. The van der Waals surface area contributed by atoms with Gasteiger partial charge in [0.1, 0.15) is 23.4 Å². The third kappa shape index (κ3) is 4.43. The molecule has 12 heteroatoms. The van der Waals surface area contributed by atoms with E-state index in [-0.39, 0.29) is 18.2 Å². The number of carbonyl (C=O) groups excluding carboxylic acids is 1. The van der Waals surface area contributed by atoms with Crippen molar-refractivity contribution in [2.24, 2.45) is 0 Å². The second-order valence-electron chi connectivity index (χ2n) is 9.53. The third-order valence-corrected chi connectivity index (χ3v) is 7.08. The van der Waals surface area contributed by atoms with Crippen molar-refractivity contribution in [3.05, 3.63) is 71.9 Å². The summed E-state index contributed by atoms with van der Waals surface area (Å²) in [6.07, 6.45) is 2.59. The Hall–Kier alpha value is -4.55. The summed E-state index contributed by atoms with van der Waals surface area (Å²) in [6, 6.07) is 9.74. The highest BCUT2D eigenvalue weighted by atomic mass is 19.1. The topological polar surface area (TPSA) is 133 Å². The van der Waals surface area contributed by atoms with Gasteiger partial charge in [-0.15, -0.1) is 0 Å². The van der Waals surface area contributed by atoms with Crippen LogP contribution in [-0.4, -0.2) is 73.4 Å². The lowest BCUT2D eigenvalue weighted by molar-refractivity contribution is -0.0364. The third-order valence-electron chi connectivity index (χ3n) is 7.08. The minimum Gasteiger partial charge on any atom is -0.465 e. The Balaban J connectivity index is 1.33. The first-order chi connectivity index (χ1) is 18.8. The first-order valence-electron chi connectivity index (χ1n) is 12.4. The zero-order valence-corrected chi connectivity index (χ0v) is 20.9. The molecule has 1 fully saturated rings. The molecule has 2 aliphatic heterocycles. The summed E-state index contributed by atoms with van der Waals surface area (Å²) in [6.45, 7) is 3.28. The van der Waals surface area contributed by atoms with Gasteiger partial charge in [0.2, 0.25) is 0 Å². The lowest BCUT2D eigenvalue weighted by Crippen LogP contribution is -2.47. The van der Waals surface area contributed by atoms with Crippen LogP contribution in [-0.2, 0) is 11.3 Å². The van der Waals surface area contributed by atoms with Crippen molar-refractivity contribution in [3.8, 4) is 11.3 Å². The largest absolute Gasteiger partial charge is 0.465 e. The zero-order chi connectivity index (χ0) is 27.3. The van der Waals surface area contributed by atoms with Crippen LogP contribution < -0.4 is 10.2 Å². The lowest BCUT2D eigenvalue weighted by Gasteiger charge is -2.35. The molecule has 2 unspecified atom stereocenters. The molecule has 0 aliphatic carbocycles. The predicted molar refractivity (Wildman–Crippen MR) is 140 cm³/mol. The summed E-state index contributed by atoms with van der Waals surface area (Å²) in [5.74, 6) is -0.594. The van der Waals surface area contributed by atoms with E-state index in [9.17, 15) is 24.2 Å². The number of pyridine rings is 2. The highest BCUT2D eigenvalue weighted by molar-refractivity contribution is 6.11. The average Bonchev–Trinajstić information content (AvgIpc) is 3.50. The van der Waals surface area contributed by atoms with Crippen LogP contribution in [0.15, 0.2) is 55.0 Å². The van der Waals surface area contributed by atoms with Crippen molar-refractivity contribution >= 4 is 34.8 Å². The fourth-order valence-electron chi connectivity index (χ4n) is 5.06. The number of aromatic nitrogens is 3. The maximum Gasteiger partial charge on any atom is 0.414 e. The molecule has 2 amide bonds. The Morgan fingerprint density at radius 1 is 1.21 bits per heavy atom. The predicted octanol–water partition coefficient (Wildman–Crippen LogP) is 3.50. The van der Waals surface area contributed by atoms with E-state index in [2.05, 4.69) is 20.2 Å². The molecule has 4 aromatic rings. The van der Waals surface area contributed by atoms with E-state index < -0.39 is 23.9 Å². The van der Waals surface area contributed by atoms with E-state index in [0.29, 0.717) is 53.7 Å². The monoisotopic (exact) mass is 532 g/mol. The number of hydrogen-bond acceptors (Lipinski definition) is 8. The number of ether oxygens (including phenoxy) is 1. The molecule has 11 nitrogen and oxygen atoms in total. The second-order valence-corrected chi connectivity index (χ2v) is 9.53. The number of hydrogen-bond donors (Lipinski definition) is 3. The number of amides is 2. The number of morpholine rings is 1. The summed E-state index contributed by atoms with van der Waals surface area (Å²) in [5.41, 5.74) is 3.66. The molecule has 5 heterocycles. The van der Waals surface area contributed by atoms with Crippen molar-refractivity contribution in [1.29, 1.82) is 0 Å². The van der Waals surface area contributed by atoms with Crippen molar-refractivity contribution in [2.75, 3.05) is 29.9 Å². The first-order valence-corrected chi connectivity index (χ1v) is 12.4. The molecule has 3 N–H and O–H groups in total. The van der Waals surface area contributed by atoms with Crippen LogP contribution in [0.5, 0.6) is 0 Å². The van der Waals surface area contributed by atoms with Gasteiger partial charge in [0, 0.05) is 30.9 Å². The fraction of sp³-hybridized carbons (Fsp3) is 0.259. The fourth-order valence-corrected chi connectivity index (χ4v) is 5.06. The van der Waals surface area contributed by atoms with Crippen LogP contribution >= 0.6 is 0 Å². The van der Waals surface area contributed by atoms with E-state index >= 15 is 0 Å². The van der Waals surface area contributed by atoms with Crippen LogP contribution in [0, 0.1) is 5.82 Å². The molecule has 39 heavy (non-hydrogen) atoms. The van der Waals surface area contributed by atoms with Crippen LogP contribution in [0.4, 0.5) is 26.4 Å². The van der Waals surface area contributed by atoms with Crippen LogP contribution in [0.2, 0.25) is 0 Å². The lowest BCUT2D eigenvalue weighted by atomic mass is 9.99. The Labute approximate surface area is 222 Å². The number of aliphatic hydroxyl groups excluding tert-OH is 1. The molecule has 0 radical (unpaired) electrons. The first kappa shape index (κ1) is 24.8. The molecule has 200 valence electrons. The molecule has 6 rings (SSSR count). The van der Waals surface area contributed by atoms with Crippen molar-refractivity contribution < 1.29 is 28.9 Å². The number of benzene rings is 1. The quantitative estimate of drug-likeness (QED) is 0.353. The number of carboxylic acid groups (broad SMARTS) is 1. The summed E-state index contributed by atoms with van der Waals surface area (Å²) < 4.78 is 21.0. The Bertz CT molecular complexity index is 1590. The number of imide groups is 1. The minimum absolute atomic E-state index is 0.128. The van der Waals surface area contributed by atoms with Gasteiger partial charge >= 0.3 is 6.09 Å². The van der Waals surface area contributed by atoms with Crippen LogP contribution in [0.1, 0.15) is 22.8 Å². The van der Waals surface area contributed by atoms with Crippen molar-refractivity contribution in [3.63, 3.8) is 0 Å². The summed E-state index contributed by atoms with van der Waals surface area (Å²) >= 11 is 0. The Morgan fingerprint density at radius 3 is 2.79 bits per heavy atom. The van der Waals surface area contributed by atoms with Gasteiger partial charge in [0.15, 0.2) is 0 Å². The van der Waals surface area contributed by atoms with E-state index in [1.165, 1.54) is 12.1 Å². The molecule has 0 saturated carbocycles. The van der Waals surface area contributed by atoms with E-state index in [0.717, 1.165) is 10.6 Å². The van der Waals surface area contributed by atoms with Gasteiger partial charge in [-0.2, -0.15) is 0 Å². The van der Waals surface area contributed by atoms with E-state index in [4.69, 9.17) is 4.74 Å². The second kappa shape index (κ2) is 9.64. The summed E-state index contributed by atoms with van der Waals surface area (Å²) in [5, 5.41) is 22.7. The number of nitrogens with zero attached hydrogens (tertiary/aromatic N) is 5.